The van der Waals surface area contributed by atoms with Crippen LogP contribution in [-0.2, 0) is 11.2 Å². The molecule has 0 fully saturated rings. The van der Waals surface area contributed by atoms with Gasteiger partial charge in [-0.05, 0) is 25.5 Å². The summed E-state index contributed by atoms with van der Waals surface area (Å²) in [6.45, 7) is 3.35. The van der Waals surface area contributed by atoms with Crippen molar-refractivity contribution in [3.63, 3.8) is 0 Å². The number of aryl methyl sites for hydroxylation is 2. The molecule has 1 rings (SSSR count). The number of aliphatic carboxylic acids is 1. The van der Waals surface area contributed by atoms with E-state index in [0.717, 1.165) is 0 Å². The van der Waals surface area contributed by atoms with E-state index in [1.54, 1.807) is 19.9 Å². The fourth-order valence-electron chi connectivity index (χ4n) is 1.15. The molecule has 13 heavy (non-hydrogen) atoms. The van der Waals surface area contributed by atoms with Crippen LogP contribution in [0.3, 0.4) is 0 Å². The van der Waals surface area contributed by atoms with Gasteiger partial charge in [0.2, 0.25) is 0 Å². The monoisotopic (exact) mass is 182 g/mol. The van der Waals surface area contributed by atoms with Crippen molar-refractivity contribution >= 4 is 5.97 Å². The molecule has 0 aromatic carbocycles. The van der Waals surface area contributed by atoms with E-state index in [0.29, 0.717) is 11.3 Å². The second-order valence-electron chi connectivity index (χ2n) is 2.88. The van der Waals surface area contributed by atoms with Crippen LogP contribution in [0.2, 0.25) is 0 Å². The quantitative estimate of drug-likeness (QED) is 0.737. The molecule has 0 unspecified atom stereocenters. The van der Waals surface area contributed by atoms with Crippen LogP contribution in [-0.4, -0.2) is 11.1 Å². The fourth-order valence-corrected chi connectivity index (χ4v) is 1.15. The molecule has 0 bridgehead atoms. The molecule has 1 aromatic heterocycles. The Morgan fingerprint density at radius 1 is 1.54 bits per heavy atom. The van der Waals surface area contributed by atoms with Gasteiger partial charge in [-0.15, -0.1) is 0 Å². The predicted octanol–water partition coefficient (Wildman–Crippen LogP) is 0.884. The molecular formula is C9H10O4. The molecule has 0 atom stereocenters. The Bertz CT molecular complexity index is 389. The molecule has 0 aliphatic rings. The predicted molar refractivity (Wildman–Crippen MR) is 45.8 cm³/mol. The minimum atomic E-state index is -1.03. The Hall–Kier alpha value is -1.58. The maximum absolute atomic E-state index is 11.2. The third-order valence-corrected chi connectivity index (χ3v) is 1.72. The first-order valence-corrected chi connectivity index (χ1v) is 3.82. The molecule has 0 saturated heterocycles. The number of hydrogen-bond acceptors (Lipinski definition) is 3. The summed E-state index contributed by atoms with van der Waals surface area (Å²) in [6.07, 6.45) is -0.283. The number of carbonyl (C=O) groups is 1. The Morgan fingerprint density at radius 2 is 2.15 bits per heavy atom. The summed E-state index contributed by atoms with van der Waals surface area (Å²) in [5.41, 5.74) is 0.328. The van der Waals surface area contributed by atoms with Crippen LogP contribution >= 0.6 is 0 Å². The third-order valence-electron chi connectivity index (χ3n) is 1.72. The van der Waals surface area contributed by atoms with Crippen molar-refractivity contribution < 1.29 is 14.3 Å². The summed E-state index contributed by atoms with van der Waals surface area (Å²) in [5.74, 6) is -0.532. The van der Waals surface area contributed by atoms with Gasteiger partial charge in [0.05, 0.1) is 12.0 Å². The van der Waals surface area contributed by atoms with Gasteiger partial charge in [0.15, 0.2) is 0 Å². The van der Waals surface area contributed by atoms with Crippen molar-refractivity contribution in [1.29, 1.82) is 0 Å². The van der Waals surface area contributed by atoms with Gasteiger partial charge in [-0.2, -0.15) is 0 Å². The minimum absolute atomic E-state index is 0.220. The minimum Gasteiger partial charge on any atom is -0.481 e. The van der Waals surface area contributed by atoms with Gasteiger partial charge in [-0.3, -0.25) is 4.79 Å². The van der Waals surface area contributed by atoms with Crippen LogP contribution in [0.4, 0.5) is 0 Å². The van der Waals surface area contributed by atoms with Gasteiger partial charge in [0.25, 0.3) is 0 Å². The van der Waals surface area contributed by atoms with Crippen molar-refractivity contribution in [1.82, 2.24) is 0 Å². The van der Waals surface area contributed by atoms with Crippen LogP contribution in [0.1, 0.15) is 16.9 Å². The highest BCUT2D eigenvalue weighted by molar-refractivity contribution is 5.70. The van der Waals surface area contributed by atoms with Crippen molar-refractivity contribution in [2.75, 3.05) is 0 Å². The molecule has 0 radical (unpaired) electrons. The van der Waals surface area contributed by atoms with E-state index in [1.165, 1.54) is 0 Å². The Kier molecular flexibility index (Phi) is 2.51. The lowest BCUT2D eigenvalue weighted by Crippen LogP contribution is -2.14. The molecular weight excluding hydrogens is 172 g/mol. The zero-order chi connectivity index (χ0) is 10.0. The molecule has 0 saturated carbocycles. The summed E-state index contributed by atoms with van der Waals surface area (Å²) in [4.78, 5) is 21.5. The zero-order valence-electron chi connectivity index (χ0n) is 7.46. The topological polar surface area (TPSA) is 67.5 Å². The summed E-state index contributed by atoms with van der Waals surface area (Å²) in [6, 6.07) is 1.65. The summed E-state index contributed by atoms with van der Waals surface area (Å²) in [5, 5.41) is 8.50. The van der Waals surface area contributed by atoms with Crippen molar-refractivity contribution in [2.24, 2.45) is 0 Å². The standard InChI is InChI=1S/C9H10O4/c1-5-3-6(2)13-9(12)7(5)4-8(10)11/h3H,4H2,1-2H3,(H,10,11). The molecule has 0 aliphatic carbocycles. The summed E-state index contributed by atoms with van der Waals surface area (Å²) < 4.78 is 4.77. The molecule has 4 heteroatoms. The molecule has 1 N–H and O–H groups in total. The van der Waals surface area contributed by atoms with Gasteiger partial charge in [-0.25, -0.2) is 4.79 Å². The largest absolute Gasteiger partial charge is 0.481 e. The van der Waals surface area contributed by atoms with E-state index in [-0.39, 0.29) is 12.0 Å². The molecule has 70 valence electrons. The lowest BCUT2D eigenvalue weighted by Gasteiger charge is -2.00. The normalized spacial score (nSPS) is 10.0. The smallest absolute Gasteiger partial charge is 0.339 e. The maximum Gasteiger partial charge on any atom is 0.339 e. The highest BCUT2D eigenvalue weighted by Crippen LogP contribution is 2.05. The summed E-state index contributed by atoms with van der Waals surface area (Å²) >= 11 is 0. The van der Waals surface area contributed by atoms with Crippen LogP contribution in [0.15, 0.2) is 15.3 Å². The first-order valence-electron chi connectivity index (χ1n) is 3.82. The first-order chi connectivity index (χ1) is 6.00. The number of carboxylic acids is 1. The van der Waals surface area contributed by atoms with Crippen LogP contribution in [0, 0.1) is 13.8 Å². The summed E-state index contributed by atoms with van der Waals surface area (Å²) in [7, 11) is 0. The third kappa shape index (κ3) is 2.18. The maximum atomic E-state index is 11.2. The highest BCUT2D eigenvalue weighted by atomic mass is 16.4. The van der Waals surface area contributed by atoms with Crippen molar-refractivity contribution in [3.05, 3.63) is 33.4 Å². The van der Waals surface area contributed by atoms with Gasteiger partial charge in [-0.1, -0.05) is 0 Å². The van der Waals surface area contributed by atoms with E-state index < -0.39 is 11.6 Å². The lowest BCUT2D eigenvalue weighted by atomic mass is 10.1. The molecule has 4 nitrogen and oxygen atoms in total. The van der Waals surface area contributed by atoms with Crippen LogP contribution in [0.25, 0.3) is 0 Å². The Labute approximate surface area is 74.8 Å². The molecule has 0 aliphatic heterocycles. The molecule has 1 heterocycles. The number of rotatable bonds is 2. The average Bonchev–Trinajstić information content (AvgIpc) is 1.96. The van der Waals surface area contributed by atoms with E-state index in [9.17, 15) is 9.59 Å². The Balaban J connectivity index is 3.21. The Morgan fingerprint density at radius 3 is 2.62 bits per heavy atom. The lowest BCUT2D eigenvalue weighted by molar-refractivity contribution is -0.136. The first kappa shape index (κ1) is 9.51. The fraction of sp³-hybridized carbons (Fsp3) is 0.333. The van der Waals surface area contributed by atoms with E-state index >= 15 is 0 Å². The molecule has 0 spiro atoms. The zero-order valence-corrected chi connectivity index (χ0v) is 7.46. The van der Waals surface area contributed by atoms with Crippen molar-refractivity contribution in [3.8, 4) is 0 Å². The number of hydrogen-bond donors (Lipinski definition) is 1. The SMILES string of the molecule is Cc1cc(C)c(CC(=O)O)c(=O)o1. The second-order valence-corrected chi connectivity index (χ2v) is 2.88. The van der Waals surface area contributed by atoms with Gasteiger partial charge < -0.3 is 9.52 Å². The van der Waals surface area contributed by atoms with Gasteiger partial charge >= 0.3 is 11.6 Å². The second kappa shape index (κ2) is 3.43. The van der Waals surface area contributed by atoms with Gasteiger partial charge in [0, 0.05) is 0 Å². The van der Waals surface area contributed by atoms with Crippen molar-refractivity contribution in [2.45, 2.75) is 20.3 Å². The van der Waals surface area contributed by atoms with Gasteiger partial charge in [0.1, 0.15) is 5.76 Å². The van der Waals surface area contributed by atoms with Crippen LogP contribution in [0.5, 0.6) is 0 Å². The highest BCUT2D eigenvalue weighted by Gasteiger charge is 2.10. The van der Waals surface area contributed by atoms with Crippen LogP contribution < -0.4 is 5.63 Å². The molecule has 1 aromatic rings. The van der Waals surface area contributed by atoms with E-state index in [2.05, 4.69) is 0 Å². The number of carboxylic acid groups (broad SMARTS) is 1. The van der Waals surface area contributed by atoms with E-state index in [4.69, 9.17) is 9.52 Å². The average molecular weight is 182 g/mol. The van der Waals surface area contributed by atoms with E-state index in [1.807, 2.05) is 0 Å². The molecule has 0 amide bonds.